The van der Waals surface area contributed by atoms with Crippen molar-refractivity contribution in [2.24, 2.45) is 11.8 Å². The lowest BCUT2D eigenvalue weighted by molar-refractivity contribution is 0.0881. The topological polar surface area (TPSA) is 91.7 Å². The third-order valence-electron chi connectivity index (χ3n) is 7.05. The Morgan fingerprint density at radius 3 is 2.15 bits per heavy atom. The Labute approximate surface area is 199 Å². The molecule has 2 heterocycles. The summed E-state index contributed by atoms with van der Waals surface area (Å²) < 4.78 is 0. The highest BCUT2D eigenvalue weighted by atomic mass is 16.1. The highest BCUT2D eigenvalue weighted by molar-refractivity contribution is 6.01. The van der Waals surface area contributed by atoms with Gasteiger partial charge in [0.05, 0.1) is 17.7 Å². The fourth-order valence-corrected chi connectivity index (χ4v) is 5.53. The molecule has 0 spiro atoms. The van der Waals surface area contributed by atoms with Crippen molar-refractivity contribution in [3.63, 3.8) is 0 Å². The van der Waals surface area contributed by atoms with E-state index in [4.69, 9.17) is 0 Å². The molecule has 0 bridgehead atoms. The van der Waals surface area contributed by atoms with Crippen LogP contribution in [0.3, 0.4) is 0 Å². The zero-order valence-electron chi connectivity index (χ0n) is 18.5. The predicted octanol–water partition coefficient (Wildman–Crippen LogP) is 5.05. The van der Waals surface area contributed by atoms with Gasteiger partial charge in [0.25, 0.3) is 0 Å². The van der Waals surface area contributed by atoms with E-state index in [9.17, 15) is 20.6 Å². The summed E-state index contributed by atoms with van der Waals surface area (Å²) in [6.07, 6.45) is 7.40. The lowest BCUT2D eigenvalue weighted by Crippen LogP contribution is -2.39. The largest absolute Gasteiger partial charge is 0.358 e. The molecule has 1 aliphatic carbocycles. The van der Waals surface area contributed by atoms with Gasteiger partial charge in [0.1, 0.15) is 23.8 Å². The standard InChI is InChI=1S/C29H22N4O/c30-15-19-11-14-24-27(25(21-12-13-21)23(16-31)17-32)26(20-7-3-1-4-8-20)28(33(24)18-19)29(34)22-9-5-2-6-10-22/h1-11,14,18,21,24,26-28H,12-13H2/t24-,26+,27+,28-/m0/s1. The smallest absolute Gasteiger partial charge is 0.185 e. The Kier molecular flexibility index (Phi) is 5.59. The number of carbonyl (C=O) groups is 1. The van der Waals surface area contributed by atoms with Crippen molar-refractivity contribution in [2.45, 2.75) is 30.8 Å². The number of Topliss-reactive ketones (excluding diaryl/α,β-unsaturated/α-hetero) is 1. The average molecular weight is 443 g/mol. The molecule has 2 aromatic rings. The molecule has 0 aromatic heterocycles. The number of fused-ring (bicyclic) bond motifs is 1. The van der Waals surface area contributed by atoms with Crippen LogP contribution in [0.15, 0.2) is 95.7 Å². The van der Waals surface area contributed by atoms with Crippen molar-refractivity contribution < 1.29 is 4.79 Å². The maximum Gasteiger partial charge on any atom is 0.185 e. The third kappa shape index (κ3) is 3.61. The van der Waals surface area contributed by atoms with Gasteiger partial charge >= 0.3 is 0 Å². The van der Waals surface area contributed by atoms with E-state index in [1.54, 1.807) is 12.3 Å². The molecule has 2 aromatic carbocycles. The summed E-state index contributed by atoms with van der Waals surface area (Å²) in [5.41, 5.74) is 3.09. The Morgan fingerprint density at radius 1 is 0.912 bits per heavy atom. The van der Waals surface area contributed by atoms with E-state index in [0.29, 0.717) is 11.1 Å². The molecule has 5 nitrogen and oxygen atoms in total. The minimum Gasteiger partial charge on any atom is -0.358 e. The molecule has 5 rings (SSSR count). The first kappa shape index (κ1) is 21.4. The second-order valence-electron chi connectivity index (χ2n) is 8.96. The molecule has 0 radical (unpaired) electrons. The quantitative estimate of drug-likeness (QED) is 0.477. The molecule has 164 valence electrons. The van der Waals surface area contributed by atoms with Crippen molar-refractivity contribution in [1.29, 1.82) is 15.8 Å². The first-order chi connectivity index (χ1) is 16.7. The maximum atomic E-state index is 14.0. The van der Waals surface area contributed by atoms with E-state index >= 15 is 0 Å². The lowest BCUT2D eigenvalue weighted by atomic mass is 9.73. The van der Waals surface area contributed by atoms with Crippen molar-refractivity contribution in [3.8, 4) is 18.2 Å². The van der Waals surface area contributed by atoms with Gasteiger partial charge in [0, 0.05) is 23.6 Å². The van der Waals surface area contributed by atoms with Crippen molar-refractivity contribution in [1.82, 2.24) is 4.90 Å². The normalized spacial score (nSPS) is 24.7. The summed E-state index contributed by atoms with van der Waals surface area (Å²) in [7, 11) is 0. The summed E-state index contributed by atoms with van der Waals surface area (Å²) >= 11 is 0. The van der Waals surface area contributed by atoms with E-state index in [0.717, 1.165) is 24.0 Å². The van der Waals surface area contributed by atoms with Crippen LogP contribution in [0, 0.1) is 45.8 Å². The predicted molar refractivity (Wildman–Crippen MR) is 127 cm³/mol. The van der Waals surface area contributed by atoms with Crippen LogP contribution in [-0.2, 0) is 0 Å². The minimum absolute atomic E-state index is 0.0311. The first-order valence-electron chi connectivity index (χ1n) is 11.4. The summed E-state index contributed by atoms with van der Waals surface area (Å²) in [6, 6.07) is 24.8. The summed E-state index contributed by atoms with van der Waals surface area (Å²) in [6.45, 7) is 0. The van der Waals surface area contributed by atoms with Crippen LogP contribution in [0.25, 0.3) is 0 Å². The molecule has 4 atom stereocenters. The number of carbonyl (C=O) groups excluding carboxylic acids is 1. The Balaban J connectivity index is 1.75. The fraction of sp³-hybridized carbons (Fsp3) is 0.241. The van der Waals surface area contributed by atoms with Gasteiger partial charge in [-0.1, -0.05) is 66.7 Å². The number of benzene rings is 2. The minimum atomic E-state index is -0.569. The van der Waals surface area contributed by atoms with Crippen LogP contribution in [0.1, 0.15) is 34.7 Å². The molecule has 2 fully saturated rings. The SMILES string of the molecule is N#CC1=CN2[C@H](C(=O)c3ccccc3)[C@H](c3ccccc3)[C@@H](C(=C(C#N)C#N)C3CC3)[C@@H]2C=C1. The number of nitriles is 3. The van der Waals surface area contributed by atoms with Crippen molar-refractivity contribution >= 4 is 5.78 Å². The molecule has 5 heteroatoms. The molecular formula is C29H22N4O. The van der Waals surface area contributed by atoms with Crippen LogP contribution >= 0.6 is 0 Å². The van der Waals surface area contributed by atoms with E-state index in [1.165, 1.54) is 0 Å². The summed E-state index contributed by atoms with van der Waals surface area (Å²) in [5, 5.41) is 29.3. The number of ketones is 1. The Bertz CT molecular complexity index is 1310. The first-order valence-corrected chi connectivity index (χ1v) is 11.4. The van der Waals surface area contributed by atoms with Gasteiger partial charge in [-0.2, -0.15) is 15.8 Å². The van der Waals surface area contributed by atoms with Gasteiger partial charge in [-0.25, -0.2) is 0 Å². The zero-order chi connectivity index (χ0) is 23.7. The molecule has 2 aliphatic heterocycles. The fourth-order valence-electron chi connectivity index (χ4n) is 5.53. The number of allylic oxidation sites excluding steroid dienone is 3. The van der Waals surface area contributed by atoms with Crippen molar-refractivity contribution in [3.05, 3.63) is 107 Å². The van der Waals surface area contributed by atoms with E-state index in [1.807, 2.05) is 71.6 Å². The van der Waals surface area contributed by atoms with Gasteiger partial charge in [0.15, 0.2) is 5.78 Å². The highest BCUT2D eigenvalue weighted by Crippen LogP contribution is 2.54. The summed E-state index contributed by atoms with van der Waals surface area (Å²) in [4.78, 5) is 16.0. The van der Waals surface area contributed by atoms with E-state index in [2.05, 4.69) is 18.2 Å². The molecular weight excluding hydrogens is 420 g/mol. The van der Waals surface area contributed by atoms with Gasteiger partial charge in [-0.15, -0.1) is 0 Å². The average Bonchev–Trinajstić information content (AvgIpc) is 3.68. The van der Waals surface area contributed by atoms with Crippen LogP contribution < -0.4 is 0 Å². The van der Waals surface area contributed by atoms with Crippen LogP contribution in [0.4, 0.5) is 0 Å². The molecule has 1 saturated carbocycles. The third-order valence-corrected chi connectivity index (χ3v) is 7.05. The molecule has 1 saturated heterocycles. The molecule has 34 heavy (non-hydrogen) atoms. The summed E-state index contributed by atoms with van der Waals surface area (Å²) in [5.74, 6) is -0.358. The van der Waals surface area contributed by atoms with Crippen LogP contribution in [-0.4, -0.2) is 22.8 Å². The monoisotopic (exact) mass is 442 g/mol. The maximum absolute atomic E-state index is 14.0. The second-order valence-corrected chi connectivity index (χ2v) is 8.96. The number of rotatable bonds is 5. The van der Waals surface area contributed by atoms with Gasteiger partial charge in [-0.05, 0) is 36.0 Å². The van der Waals surface area contributed by atoms with Gasteiger partial charge in [0.2, 0.25) is 0 Å². The lowest BCUT2D eigenvalue weighted by Gasteiger charge is -2.31. The van der Waals surface area contributed by atoms with Gasteiger partial charge in [-0.3, -0.25) is 4.79 Å². The zero-order valence-corrected chi connectivity index (χ0v) is 18.5. The molecule has 0 N–H and O–H groups in total. The highest BCUT2D eigenvalue weighted by Gasteiger charge is 2.55. The number of nitrogens with zero attached hydrogens (tertiary/aromatic N) is 4. The number of hydrogen-bond donors (Lipinski definition) is 0. The van der Waals surface area contributed by atoms with E-state index < -0.39 is 6.04 Å². The van der Waals surface area contributed by atoms with Crippen LogP contribution in [0.5, 0.6) is 0 Å². The molecule has 3 aliphatic rings. The number of hydrogen-bond acceptors (Lipinski definition) is 5. The molecule has 0 amide bonds. The Hall–Kier alpha value is -4.40. The Morgan fingerprint density at radius 2 is 1.56 bits per heavy atom. The second kappa shape index (κ2) is 8.86. The van der Waals surface area contributed by atoms with Crippen LogP contribution in [0.2, 0.25) is 0 Å². The van der Waals surface area contributed by atoms with Gasteiger partial charge < -0.3 is 4.90 Å². The molecule has 0 unspecified atom stereocenters. The van der Waals surface area contributed by atoms with Crippen molar-refractivity contribution in [2.75, 3.05) is 0 Å². The van der Waals surface area contributed by atoms with E-state index in [-0.39, 0.29) is 35.2 Å².